The van der Waals surface area contributed by atoms with Crippen LogP contribution in [0.2, 0.25) is 5.02 Å². The Morgan fingerprint density at radius 1 is 0.931 bits per heavy atom. The smallest absolute Gasteiger partial charge is 0.317 e. The van der Waals surface area contributed by atoms with Gasteiger partial charge < -0.3 is 25.4 Å². The number of β-amino-alcohol motifs (C(OH)–C–C–N with tert-alkyl or cyclic N) is 1. The Hall–Kier alpha value is -6.67. The first-order chi connectivity index (χ1) is 34.6. The van der Waals surface area contributed by atoms with Crippen molar-refractivity contribution >= 4 is 57.7 Å². The largest absolute Gasteiger partial charge is 0.460 e. The van der Waals surface area contributed by atoms with E-state index in [1.165, 1.54) is 9.78 Å². The van der Waals surface area contributed by atoms with Crippen molar-refractivity contribution in [2.75, 3.05) is 6.54 Å². The fraction of sp³-hybridized carbons (Fsp3) is 0.385. The van der Waals surface area contributed by atoms with E-state index in [1.54, 1.807) is 52.0 Å². The van der Waals surface area contributed by atoms with Gasteiger partial charge in [0.05, 0.1) is 52.3 Å². The SMILES string of the molecule is Cc1ncsc1-c1ccc([C@H](C)NC(=O)[C@@H]2C[C@@H](O)CN2C(=O)C(C(C)C)n2cc(-c3ccnc(OC4CC(NC(=O)C[C@@H]5N=C(c6ccc(Cl)cc6)c6c(sc(C)c6C)-n6c(C)nnc65)C4)n3)cn2)cc1. The van der Waals surface area contributed by atoms with E-state index in [0.29, 0.717) is 34.9 Å². The highest BCUT2D eigenvalue weighted by molar-refractivity contribution is 7.15. The van der Waals surface area contributed by atoms with Crippen LogP contribution >= 0.6 is 34.3 Å². The molecule has 0 spiro atoms. The second-order valence-electron chi connectivity index (χ2n) is 19.2. The molecule has 7 aromatic rings. The molecule has 72 heavy (non-hydrogen) atoms. The third-order valence-electron chi connectivity index (χ3n) is 13.8. The first-order valence-corrected chi connectivity index (χ1v) is 26.2. The molecule has 3 N–H and O–H groups in total. The molecule has 7 heterocycles. The molecule has 10 rings (SSSR count). The van der Waals surface area contributed by atoms with Crippen LogP contribution < -0.4 is 15.4 Å². The topological polar surface area (TPSA) is 208 Å². The zero-order valence-electron chi connectivity index (χ0n) is 40.9. The number of amides is 3. The van der Waals surface area contributed by atoms with Gasteiger partial charge in [-0.15, -0.1) is 32.9 Å². The Morgan fingerprint density at radius 2 is 1.68 bits per heavy atom. The van der Waals surface area contributed by atoms with Gasteiger partial charge in [0.1, 0.15) is 35.1 Å². The van der Waals surface area contributed by atoms with Gasteiger partial charge in [0, 0.05) is 70.8 Å². The quantitative estimate of drug-likeness (QED) is 0.0950. The monoisotopic (exact) mass is 1030 g/mol. The van der Waals surface area contributed by atoms with Crippen molar-refractivity contribution in [1.29, 1.82) is 0 Å². The van der Waals surface area contributed by atoms with Gasteiger partial charge in [0.25, 0.3) is 0 Å². The number of hydrogen-bond acceptors (Lipinski definition) is 14. The molecular formula is C52H55ClN12O5S2. The van der Waals surface area contributed by atoms with Gasteiger partial charge in [0.15, 0.2) is 5.82 Å². The number of benzene rings is 2. The fourth-order valence-electron chi connectivity index (χ4n) is 9.78. The summed E-state index contributed by atoms with van der Waals surface area (Å²) in [4.78, 5) is 64.4. The summed E-state index contributed by atoms with van der Waals surface area (Å²) in [5, 5.41) is 32.2. The zero-order chi connectivity index (χ0) is 50.5. The lowest BCUT2D eigenvalue weighted by molar-refractivity contribution is -0.142. The molecule has 3 aliphatic rings. The first kappa shape index (κ1) is 48.9. The number of aliphatic imine (C=N–C) groups is 1. The molecule has 5 aromatic heterocycles. The molecule has 17 nitrogen and oxygen atoms in total. The molecular weight excluding hydrogens is 972 g/mol. The van der Waals surface area contributed by atoms with Crippen molar-refractivity contribution in [2.24, 2.45) is 10.9 Å². The van der Waals surface area contributed by atoms with Gasteiger partial charge in [0.2, 0.25) is 17.7 Å². The second-order valence-corrected chi connectivity index (χ2v) is 21.7. The van der Waals surface area contributed by atoms with Crippen molar-refractivity contribution in [3.63, 3.8) is 0 Å². The van der Waals surface area contributed by atoms with E-state index in [9.17, 15) is 19.5 Å². The van der Waals surface area contributed by atoms with Crippen molar-refractivity contribution < 1.29 is 24.2 Å². The lowest BCUT2D eigenvalue weighted by atomic mass is 9.89. The average molecular weight is 1030 g/mol. The van der Waals surface area contributed by atoms with Crippen LogP contribution in [0.4, 0.5) is 0 Å². The fourth-order valence-corrected chi connectivity index (χ4v) is 11.9. The lowest BCUT2D eigenvalue weighted by Crippen LogP contribution is -2.49. The molecule has 2 fully saturated rings. The number of carbonyl (C=O) groups excluding carboxylic acids is 3. The Morgan fingerprint density at radius 3 is 2.40 bits per heavy atom. The summed E-state index contributed by atoms with van der Waals surface area (Å²) < 4.78 is 9.84. The minimum absolute atomic E-state index is 0.0323. The number of hydrogen-bond donors (Lipinski definition) is 3. The maximum absolute atomic E-state index is 14.4. The molecule has 372 valence electrons. The number of aliphatic hydroxyl groups excluding tert-OH is 1. The number of nitrogens with zero attached hydrogens (tertiary/aromatic N) is 10. The number of ether oxygens (including phenoxy) is 1. The number of aromatic nitrogens is 8. The number of likely N-dealkylation sites (tertiary alicyclic amines) is 1. The summed E-state index contributed by atoms with van der Waals surface area (Å²) in [5.74, 6) is 0.339. The Bertz CT molecular complexity index is 3190. The number of thiophene rings is 1. The molecule has 2 aromatic carbocycles. The van der Waals surface area contributed by atoms with Crippen LogP contribution in [0.1, 0.15) is 109 Å². The molecule has 3 amide bonds. The summed E-state index contributed by atoms with van der Waals surface area (Å²) in [6.45, 7) is 13.9. The number of aliphatic hydroxyl groups is 1. The number of rotatable bonds is 14. The van der Waals surface area contributed by atoms with Gasteiger partial charge in [-0.05, 0) is 75.4 Å². The minimum atomic E-state index is -0.854. The molecule has 0 bridgehead atoms. The summed E-state index contributed by atoms with van der Waals surface area (Å²) in [5.41, 5.74) is 9.78. The van der Waals surface area contributed by atoms with E-state index in [-0.39, 0.29) is 67.2 Å². The van der Waals surface area contributed by atoms with Crippen molar-refractivity contribution in [1.82, 2.24) is 55.0 Å². The van der Waals surface area contributed by atoms with E-state index in [2.05, 4.69) is 54.7 Å². The van der Waals surface area contributed by atoms with Crippen LogP contribution in [0, 0.1) is 33.6 Å². The van der Waals surface area contributed by atoms with Gasteiger partial charge in [-0.2, -0.15) is 10.1 Å². The summed E-state index contributed by atoms with van der Waals surface area (Å²) in [6.07, 6.45) is 5.26. The van der Waals surface area contributed by atoms with Crippen LogP contribution in [-0.4, -0.2) is 104 Å². The standard InChI is InChI=1S/C52H55ClN12O5S2/c1-26(2)46(50(69)63-24-38(66)20-42(63)49(68)57-28(4)32-8-10-34(11-9-32)47-29(5)55-25-71-47)64-23-35(22-56-64)40-16-17-54-52(60-40)70-39-18-37(19-39)58-43(67)21-41-48-62-61-31(7)65(48)51-44(27(3)30(6)72-51)45(59-41)33-12-14-36(53)15-13-33/h8-17,22-23,25-26,28,37-39,41-42,46,66H,18-21,24H2,1-7H3,(H,57,68)(H,58,67)/t28-,37?,38+,39?,41-,42-,46?/m0/s1. The van der Waals surface area contributed by atoms with Crippen LogP contribution in [0.15, 0.2) is 83.7 Å². The summed E-state index contributed by atoms with van der Waals surface area (Å²) >= 11 is 9.53. The highest BCUT2D eigenvalue weighted by atomic mass is 35.5. The highest BCUT2D eigenvalue weighted by Crippen LogP contribution is 2.40. The molecule has 0 radical (unpaired) electrons. The van der Waals surface area contributed by atoms with Gasteiger partial charge in [-0.3, -0.25) is 28.6 Å². The van der Waals surface area contributed by atoms with Crippen LogP contribution in [-0.2, 0) is 14.4 Å². The van der Waals surface area contributed by atoms with Crippen molar-refractivity contribution in [3.8, 4) is 32.7 Å². The predicted octanol–water partition coefficient (Wildman–Crippen LogP) is 8.04. The highest BCUT2D eigenvalue weighted by Gasteiger charge is 2.43. The summed E-state index contributed by atoms with van der Waals surface area (Å²) in [6, 6.07) is 14.9. The number of aryl methyl sites for hydroxylation is 3. The molecule has 20 heteroatoms. The van der Waals surface area contributed by atoms with Gasteiger partial charge in [-0.25, -0.2) is 9.97 Å². The first-order valence-electron chi connectivity index (χ1n) is 24.1. The van der Waals surface area contributed by atoms with E-state index in [4.69, 9.17) is 21.3 Å². The van der Waals surface area contributed by atoms with Gasteiger partial charge >= 0.3 is 6.01 Å². The van der Waals surface area contributed by atoms with Crippen LogP contribution in [0.3, 0.4) is 0 Å². The second kappa shape index (κ2) is 20.1. The number of thiazole rings is 1. The van der Waals surface area contributed by atoms with Crippen LogP contribution in [0.25, 0.3) is 26.7 Å². The number of nitrogens with one attached hydrogen (secondary N) is 2. The maximum atomic E-state index is 14.4. The third-order valence-corrected chi connectivity index (χ3v) is 16.2. The maximum Gasteiger partial charge on any atom is 0.317 e. The van der Waals surface area contributed by atoms with E-state index in [1.807, 2.05) is 93.2 Å². The average Bonchev–Trinajstić information content (AvgIpc) is 4.19. The van der Waals surface area contributed by atoms with Crippen molar-refractivity contribution in [3.05, 3.63) is 128 Å². The zero-order valence-corrected chi connectivity index (χ0v) is 43.3. The number of carbonyl (C=O) groups is 3. The number of fused-ring (bicyclic) bond motifs is 3. The molecule has 1 saturated carbocycles. The number of halogens is 1. The normalized spacial score (nSPS) is 20.2. The minimum Gasteiger partial charge on any atom is -0.460 e. The predicted molar refractivity (Wildman–Crippen MR) is 276 cm³/mol. The molecule has 1 aliphatic carbocycles. The molecule has 1 saturated heterocycles. The molecule has 1 unspecified atom stereocenters. The van der Waals surface area contributed by atoms with E-state index < -0.39 is 24.2 Å². The molecule has 5 atom stereocenters. The van der Waals surface area contributed by atoms with Crippen molar-refractivity contribution in [2.45, 2.75) is 117 Å². The molecule has 2 aliphatic heterocycles. The Labute approximate surface area is 429 Å². The third kappa shape index (κ3) is 9.69. The van der Waals surface area contributed by atoms with Crippen LogP contribution in [0.5, 0.6) is 6.01 Å². The van der Waals surface area contributed by atoms with E-state index in [0.717, 1.165) is 54.9 Å². The van der Waals surface area contributed by atoms with E-state index >= 15 is 0 Å². The van der Waals surface area contributed by atoms with Gasteiger partial charge in [-0.1, -0.05) is 61.8 Å². The summed E-state index contributed by atoms with van der Waals surface area (Å²) in [7, 11) is 0. The lowest BCUT2D eigenvalue weighted by Gasteiger charge is -2.35. The Balaban J connectivity index is 0.762. The Kier molecular flexibility index (Phi) is 13.7.